The first-order chi connectivity index (χ1) is 11.2. The number of nitrogens with zero attached hydrogens (tertiary/aromatic N) is 1. The van der Waals surface area contributed by atoms with Crippen molar-refractivity contribution in [3.8, 4) is 0 Å². The zero-order valence-electron chi connectivity index (χ0n) is 14.7. The van der Waals surface area contributed by atoms with Gasteiger partial charge in [-0.1, -0.05) is 66.6 Å². The second-order valence-corrected chi connectivity index (χ2v) is 8.55. The maximum absolute atomic E-state index is 3.68. The zero-order chi connectivity index (χ0) is 16.1. The molecule has 2 fully saturated rings. The SMILES string of the molecule is Cc1c(Br)cccc1CCN1CCCCC1CC1CCCCC1. The smallest absolute Gasteiger partial charge is 0.0207 e. The number of hydrogen-bond acceptors (Lipinski definition) is 1. The predicted octanol–water partition coefficient (Wildman–Crippen LogP) is 6.12. The molecule has 128 valence electrons. The van der Waals surface area contributed by atoms with Crippen molar-refractivity contribution in [2.45, 2.75) is 77.2 Å². The van der Waals surface area contributed by atoms with Gasteiger partial charge in [0.1, 0.15) is 0 Å². The Balaban J connectivity index is 1.56. The van der Waals surface area contributed by atoms with E-state index in [9.17, 15) is 0 Å². The highest BCUT2D eigenvalue weighted by molar-refractivity contribution is 9.10. The summed E-state index contributed by atoms with van der Waals surface area (Å²) in [4.78, 5) is 2.82. The van der Waals surface area contributed by atoms with Crippen LogP contribution in [0.2, 0.25) is 0 Å². The minimum atomic E-state index is 0.860. The maximum Gasteiger partial charge on any atom is 0.0207 e. The molecule has 0 spiro atoms. The topological polar surface area (TPSA) is 3.24 Å². The van der Waals surface area contributed by atoms with Gasteiger partial charge in [0.15, 0.2) is 0 Å². The van der Waals surface area contributed by atoms with Crippen molar-refractivity contribution in [2.24, 2.45) is 5.92 Å². The Kier molecular flexibility index (Phi) is 6.59. The number of piperidine rings is 1. The van der Waals surface area contributed by atoms with Crippen LogP contribution in [-0.4, -0.2) is 24.0 Å². The molecule has 0 amide bonds. The van der Waals surface area contributed by atoms with E-state index in [1.165, 1.54) is 92.9 Å². The van der Waals surface area contributed by atoms with Crippen molar-refractivity contribution in [1.82, 2.24) is 4.90 Å². The number of halogens is 1. The van der Waals surface area contributed by atoms with E-state index in [1.807, 2.05) is 0 Å². The van der Waals surface area contributed by atoms with Crippen LogP contribution in [0.25, 0.3) is 0 Å². The minimum absolute atomic E-state index is 0.860. The lowest BCUT2D eigenvalue weighted by Crippen LogP contribution is -2.42. The highest BCUT2D eigenvalue weighted by Crippen LogP contribution is 2.32. The fourth-order valence-corrected chi connectivity index (χ4v) is 5.02. The van der Waals surface area contributed by atoms with Crippen molar-refractivity contribution in [3.05, 3.63) is 33.8 Å². The van der Waals surface area contributed by atoms with Crippen LogP contribution in [-0.2, 0) is 6.42 Å². The molecule has 0 aromatic heterocycles. The molecule has 1 heterocycles. The van der Waals surface area contributed by atoms with Gasteiger partial charge in [-0.25, -0.2) is 0 Å². The summed E-state index contributed by atoms with van der Waals surface area (Å²) in [6, 6.07) is 7.51. The first-order valence-electron chi connectivity index (χ1n) is 9.72. The molecule has 1 saturated carbocycles. The molecule has 3 rings (SSSR count). The molecular formula is C21H32BrN. The predicted molar refractivity (Wildman–Crippen MR) is 103 cm³/mol. The molecule has 23 heavy (non-hydrogen) atoms. The summed E-state index contributed by atoms with van der Waals surface area (Å²) in [5, 5.41) is 0. The van der Waals surface area contributed by atoms with Crippen LogP contribution in [0, 0.1) is 12.8 Å². The average Bonchev–Trinajstić information content (AvgIpc) is 2.58. The quantitative estimate of drug-likeness (QED) is 0.596. The van der Waals surface area contributed by atoms with E-state index in [0.29, 0.717) is 0 Å². The van der Waals surface area contributed by atoms with Crippen molar-refractivity contribution < 1.29 is 0 Å². The van der Waals surface area contributed by atoms with Crippen LogP contribution < -0.4 is 0 Å². The number of likely N-dealkylation sites (tertiary alicyclic amines) is 1. The maximum atomic E-state index is 3.68. The molecule has 1 atom stereocenters. The van der Waals surface area contributed by atoms with Crippen molar-refractivity contribution >= 4 is 15.9 Å². The fraction of sp³-hybridized carbons (Fsp3) is 0.714. The molecule has 0 N–H and O–H groups in total. The summed E-state index contributed by atoms with van der Waals surface area (Å²) in [6.07, 6.45) is 14.4. The largest absolute Gasteiger partial charge is 0.300 e. The number of benzene rings is 1. The van der Waals surface area contributed by atoms with E-state index in [0.717, 1.165) is 12.0 Å². The molecule has 0 radical (unpaired) electrons. The van der Waals surface area contributed by atoms with Crippen molar-refractivity contribution in [2.75, 3.05) is 13.1 Å². The molecule has 1 aliphatic carbocycles. The van der Waals surface area contributed by atoms with E-state index >= 15 is 0 Å². The summed E-state index contributed by atoms with van der Waals surface area (Å²) in [7, 11) is 0. The lowest BCUT2D eigenvalue weighted by molar-refractivity contribution is 0.118. The Bertz CT molecular complexity index is 493. The Labute approximate surface area is 151 Å². The molecule has 1 nitrogen and oxygen atoms in total. The van der Waals surface area contributed by atoms with Gasteiger partial charge in [0.2, 0.25) is 0 Å². The zero-order valence-corrected chi connectivity index (χ0v) is 16.3. The molecule has 1 aromatic carbocycles. The van der Waals surface area contributed by atoms with Gasteiger partial charge in [-0.15, -0.1) is 0 Å². The normalized spacial score (nSPS) is 24.0. The molecule has 0 bridgehead atoms. The van der Waals surface area contributed by atoms with Crippen molar-refractivity contribution in [1.29, 1.82) is 0 Å². The standard InChI is InChI=1S/C21H32BrN/c1-17-19(10-7-12-21(17)22)13-15-23-14-6-5-11-20(23)16-18-8-3-2-4-9-18/h7,10,12,18,20H,2-6,8-9,11,13-16H2,1H3. The van der Waals surface area contributed by atoms with Gasteiger partial charge in [0.25, 0.3) is 0 Å². The van der Waals surface area contributed by atoms with Gasteiger partial charge in [-0.3, -0.25) is 0 Å². The van der Waals surface area contributed by atoms with E-state index in [2.05, 4.69) is 46.0 Å². The fourth-order valence-electron chi connectivity index (χ4n) is 4.62. The van der Waals surface area contributed by atoms with Gasteiger partial charge in [0, 0.05) is 17.1 Å². The minimum Gasteiger partial charge on any atom is -0.300 e. The van der Waals surface area contributed by atoms with Crippen molar-refractivity contribution in [3.63, 3.8) is 0 Å². The summed E-state index contributed by atoms with van der Waals surface area (Å²) < 4.78 is 1.26. The molecule has 1 unspecified atom stereocenters. The van der Waals surface area contributed by atoms with E-state index in [4.69, 9.17) is 0 Å². The molecule has 1 saturated heterocycles. The third kappa shape index (κ3) is 4.82. The second kappa shape index (κ2) is 8.67. The van der Waals surface area contributed by atoms with Crippen LogP contribution in [0.3, 0.4) is 0 Å². The average molecular weight is 378 g/mol. The molecule has 1 aromatic rings. The molecule has 2 heteroatoms. The molecule has 1 aliphatic heterocycles. The number of rotatable bonds is 5. The Hall–Kier alpha value is -0.340. The summed E-state index contributed by atoms with van der Waals surface area (Å²) in [5.41, 5.74) is 2.94. The van der Waals surface area contributed by atoms with E-state index in [1.54, 1.807) is 0 Å². The first kappa shape index (κ1) is 17.5. The monoisotopic (exact) mass is 377 g/mol. The van der Waals surface area contributed by atoms with E-state index < -0.39 is 0 Å². The summed E-state index contributed by atoms with van der Waals surface area (Å²) >= 11 is 3.68. The van der Waals surface area contributed by atoms with Gasteiger partial charge in [0.05, 0.1) is 0 Å². The van der Waals surface area contributed by atoms with E-state index in [-0.39, 0.29) is 0 Å². The summed E-state index contributed by atoms with van der Waals surface area (Å²) in [5.74, 6) is 1.02. The van der Waals surface area contributed by atoms with Crippen LogP contribution in [0.4, 0.5) is 0 Å². The van der Waals surface area contributed by atoms with Crippen LogP contribution in [0.1, 0.15) is 68.9 Å². The second-order valence-electron chi connectivity index (χ2n) is 7.70. The number of hydrogen-bond donors (Lipinski definition) is 0. The lowest BCUT2D eigenvalue weighted by Gasteiger charge is -2.38. The van der Waals surface area contributed by atoms with Crippen LogP contribution in [0.15, 0.2) is 22.7 Å². The Morgan fingerprint density at radius 2 is 1.83 bits per heavy atom. The molecular weight excluding hydrogens is 346 g/mol. The van der Waals surface area contributed by atoms with Gasteiger partial charge < -0.3 is 4.90 Å². The van der Waals surface area contributed by atoms with Gasteiger partial charge in [-0.2, -0.15) is 0 Å². The third-order valence-corrected chi connectivity index (χ3v) is 6.99. The first-order valence-corrected chi connectivity index (χ1v) is 10.5. The molecule has 2 aliphatic rings. The third-order valence-electron chi connectivity index (χ3n) is 6.13. The highest BCUT2D eigenvalue weighted by atomic mass is 79.9. The van der Waals surface area contributed by atoms with Gasteiger partial charge >= 0.3 is 0 Å². The van der Waals surface area contributed by atoms with Crippen LogP contribution in [0.5, 0.6) is 0 Å². The summed E-state index contributed by atoms with van der Waals surface area (Å²) in [6.45, 7) is 4.81. The Morgan fingerprint density at radius 3 is 2.65 bits per heavy atom. The van der Waals surface area contributed by atoms with Gasteiger partial charge in [-0.05, 0) is 62.3 Å². The lowest BCUT2D eigenvalue weighted by atomic mass is 9.82. The Morgan fingerprint density at radius 1 is 1.04 bits per heavy atom. The van der Waals surface area contributed by atoms with Crippen LogP contribution >= 0.6 is 15.9 Å². The highest BCUT2D eigenvalue weighted by Gasteiger charge is 2.26.